The minimum atomic E-state index is -0.379. The van der Waals surface area contributed by atoms with Gasteiger partial charge in [-0.1, -0.05) is 11.6 Å². The molecule has 2 N–H and O–H groups in total. The summed E-state index contributed by atoms with van der Waals surface area (Å²) < 4.78 is 12.9. The van der Waals surface area contributed by atoms with E-state index in [1.54, 1.807) is 0 Å². The zero-order chi connectivity index (χ0) is 12.3. The van der Waals surface area contributed by atoms with Gasteiger partial charge in [-0.3, -0.25) is 4.79 Å². The lowest BCUT2D eigenvalue weighted by atomic mass is 10.3. The van der Waals surface area contributed by atoms with Crippen molar-refractivity contribution in [1.29, 1.82) is 0 Å². The van der Waals surface area contributed by atoms with Gasteiger partial charge in [0.15, 0.2) is 0 Å². The normalized spacial score (nSPS) is 14.5. The summed E-state index contributed by atoms with van der Waals surface area (Å²) in [6.45, 7) is 0.841. The Morgan fingerprint density at radius 2 is 2.24 bits per heavy atom. The first-order valence-electron chi connectivity index (χ1n) is 5.61. The number of hydrogen-bond acceptors (Lipinski definition) is 2. The van der Waals surface area contributed by atoms with Crippen LogP contribution in [0.4, 0.5) is 10.1 Å². The first kappa shape index (κ1) is 12.2. The Hall–Kier alpha value is -1.29. The highest BCUT2D eigenvalue weighted by Crippen LogP contribution is 2.27. The summed E-state index contributed by atoms with van der Waals surface area (Å²) in [4.78, 5) is 11.4. The Kier molecular flexibility index (Phi) is 3.84. The molecule has 0 unspecified atom stereocenters. The van der Waals surface area contributed by atoms with E-state index in [1.807, 2.05) is 0 Å². The summed E-state index contributed by atoms with van der Waals surface area (Å²) in [5.41, 5.74) is 0.438. The SMILES string of the molecule is O=C(CNc1cc(F)ccc1Cl)NCC1CC1. The van der Waals surface area contributed by atoms with E-state index < -0.39 is 0 Å². The van der Waals surface area contributed by atoms with Crippen molar-refractivity contribution in [3.05, 3.63) is 29.0 Å². The van der Waals surface area contributed by atoms with Gasteiger partial charge in [0.1, 0.15) is 5.82 Å². The van der Waals surface area contributed by atoms with Crippen molar-refractivity contribution >= 4 is 23.2 Å². The number of anilines is 1. The number of halogens is 2. The van der Waals surface area contributed by atoms with Crippen molar-refractivity contribution in [2.45, 2.75) is 12.8 Å². The van der Waals surface area contributed by atoms with Gasteiger partial charge in [-0.2, -0.15) is 0 Å². The van der Waals surface area contributed by atoms with E-state index in [1.165, 1.54) is 31.0 Å². The van der Waals surface area contributed by atoms with Crippen LogP contribution in [0, 0.1) is 11.7 Å². The topological polar surface area (TPSA) is 41.1 Å². The minimum absolute atomic E-state index is 0.0998. The number of nitrogens with one attached hydrogen (secondary N) is 2. The second-order valence-electron chi connectivity index (χ2n) is 4.23. The lowest BCUT2D eigenvalue weighted by Crippen LogP contribution is -2.31. The zero-order valence-corrected chi connectivity index (χ0v) is 10.1. The molecule has 0 heterocycles. The highest BCUT2D eigenvalue weighted by molar-refractivity contribution is 6.33. The van der Waals surface area contributed by atoms with Crippen LogP contribution in [0.25, 0.3) is 0 Å². The maximum Gasteiger partial charge on any atom is 0.239 e. The molecular formula is C12H14ClFN2O. The Labute approximate surface area is 104 Å². The van der Waals surface area contributed by atoms with Crippen LogP contribution in [-0.4, -0.2) is 19.0 Å². The molecule has 92 valence electrons. The van der Waals surface area contributed by atoms with E-state index in [4.69, 9.17) is 11.6 Å². The monoisotopic (exact) mass is 256 g/mol. The quantitative estimate of drug-likeness (QED) is 0.850. The van der Waals surface area contributed by atoms with E-state index in [9.17, 15) is 9.18 Å². The Morgan fingerprint density at radius 3 is 2.94 bits per heavy atom. The van der Waals surface area contributed by atoms with Crippen LogP contribution in [-0.2, 0) is 4.79 Å². The van der Waals surface area contributed by atoms with Crippen molar-refractivity contribution in [2.75, 3.05) is 18.4 Å². The third kappa shape index (κ3) is 3.89. The fourth-order valence-electron chi connectivity index (χ4n) is 1.45. The Balaban J connectivity index is 1.79. The molecule has 5 heteroatoms. The van der Waals surface area contributed by atoms with Crippen LogP contribution in [0.1, 0.15) is 12.8 Å². The minimum Gasteiger partial charge on any atom is -0.375 e. The number of amides is 1. The number of benzene rings is 1. The predicted molar refractivity (Wildman–Crippen MR) is 65.6 cm³/mol. The molecule has 0 spiro atoms. The van der Waals surface area contributed by atoms with Crippen LogP contribution in [0.2, 0.25) is 5.02 Å². The smallest absolute Gasteiger partial charge is 0.239 e. The maximum atomic E-state index is 12.9. The van der Waals surface area contributed by atoms with E-state index in [2.05, 4.69) is 10.6 Å². The van der Waals surface area contributed by atoms with E-state index >= 15 is 0 Å². The van der Waals surface area contributed by atoms with Crippen molar-refractivity contribution in [3.63, 3.8) is 0 Å². The van der Waals surface area contributed by atoms with Crippen molar-refractivity contribution < 1.29 is 9.18 Å². The van der Waals surface area contributed by atoms with Gasteiger partial charge in [0.2, 0.25) is 5.91 Å². The van der Waals surface area contributed by atoms with Gasteiger partial charge in [-0.25, -0.2) is 4.39 Å². The van der Waals surface area contributed by atoms with Crippen LogP contribution in [0.5, 0.6) is 0 Å². The molecule has 1 aromatic rings. The first-order chi connectivity index (χ1) is 8.15. The van der Waals surface area contributed by atoms with Gasteiger partial charge in [0.05, 0.1) is 17.3 Å². The number of carbonyl (C=O) groups is 1. The Morgan fingerprint density at radius 1 is 1.47 bits per heavy atom. The first-order valence-corrected chi connectivity index (χ1v) is 5.98. The summed E-state index contributed by atoms with van der Waals surface area (Å²) in [5, 5.41) is 6.03. The lowest BCUT2D eigenvalue weighted by Gasteiger charge is -2.08. The summed E-state index contributed by atoms with van der Waals surface area (Å²) in [6, 6.07) is 4.01. The highest BCUT2D eigenvalue weighted by atomic mass is 35.5. The van der Waals surface area contributed by atoms with Gasteiger partial charge >= 0.3 is 0 Å². The molecule has 1 aliphatic rings. The molecule has 1 amide bonds. The van der Waals surface area contributed by atoms with E-state index in [0.29, 0.717) is 16.6 Å². The van der Waals surface area contributed by atoms with Crippen molar-refractivity contribution in [3.8, 4) is 0 Å². The van der Waals surface area contributed by atoms with Crippen molar-refractivity contribution in [1.82, 2.24) is 5.32 Å². The number of carbonyl (C=O) groups excluding carboxylic acids is 1. The van der Waals surface area contributed by atoms with Crippen LogP contribution in [0.3, 0.4) is 0 Å². The molecule has 0 aromatic heterocycles. The molecular weight excluding hydrogens is 243 g/mol. The molecule has 3 nitrogen and oxygen atoms in total. The van der Waals surface area contributed by atoms with E-state index in [-0.39, 0.29) is 18.3 Å². The lowest BCUT2D eigenvalue weighted by molar-refractivity contribution is -0.119. The van der Waals surface area contributed by atoms with E-state index in [0.717, 1.165) is 6.54 Å². The second-order valence-corrected chi connectivity index (χ2v) is 4.63. The standard InChI is InChI=1S/C12H14ClFN2O/c13-10-4-3-9(14)5-11(10)15-7-12(17)16-6-8-1-2-8/h3-5,8,15H,1-2,6-7H2,(H,16,17). The molecule has 0 radical (unpaired) electrons. The van der Waals surface area contributed by atoms with Gasteiger partial charge in [-0.05, 0) is 37.0 Å². The number of rotatable bonds is 5. The molecule has 0 saturated heterocycles. The largest absolute Gasteiger partial charge is 0.375 e. The third-order valence-electron chi connectivity index (χ3n) is 2.65. The molecule has 1 aliphatic carbocycles. The van der Waals surface area contributed by atoms with Crippen molar-refractivity contribution in [2.24, 2.45) is 5.92 Å². The molecule has 1 aromatic carbocycles. The molecule has 0 bridgehead atoms. The van der Waals surface area contributed by atoms with Gasteiger partial charge in [0.25, 0.3) is 0 Å². The molecule has 1 saturated carbocycles. The molecule has 2 rings (SSSR count). The molecule has 17 heavy (non-hydrogen) atoms. The zero-order valence-electron chi connectivity index (χ0n) is 9.30. The fraction of sp³-hybridized carbons (Fsp3) is 0.417. The van der Waals surface area contributed by atoms with Gasteiger partial charge in [0, 0.05) is 6.54 Å². The Bertz CT molecular complexity index is 421. The highest BCUT2D eigenvalue weighted by Gasteiger charge is 2.21. The predicted octanol–water partition coefficient (Wildman–Crippen LogP) is 2.42. The number of hydrogen-bond donors (Lipinski definition) is 2. The van der Waals surface area contributed by atoms with Gasteiger partial charge in [-0.15, -0.1) is 0 Å². The van der Waals surface area contributed by atoms with Crippen LogP contribution >= 0.6 is 11.6 Å². The fourth-order valence-corrected chi connectivity index (χ4v) is 1.64. The van der Waals surface area contributed by atoms with Crippen LogP contribution < -0.4 is 10.6 Å². The molecule has 0 atom stereocenters. The third-order valence-corrected chi connectivity index (χ3v) is 2.98. The molecule has 0 aliphatic heterocycles. The summed E-state index contributed by atoms with van der Waals surface area (Å²) >= 11 is 5.86. The summed E-state index contributed by atoms with van der Waals surface area (Å²) in [5.74, 6) is 0.171. The summed E-state index contributed by atoms with van der Waals surface area (Å²) in [7, 11) is 0. The van der Waals surface area contributed by atoms with Gasteiger partial charge < -0.3 is 10.6 Å². The summed E-state index contributed by atoms with van der Waals surface area (Å²) in [6.07, 6.45) is 2.40. The average molecular weight is 257 g/mol. The molecule has 1 fully saturated rings. The maximum absolute atomic E-state index is 12.9. The van der Waals surface area contributed by atoms with Crippen LogP contribution in [0.15, 0.2) is 18.2 Å². The second kappa shape index (κ2) is 5.36. The average Bonchev–Trinajstić information content (AvgIpc) is 3.11.